The fraction of sp³-hybridized carbons (Fsp3) is 1.00. The van der Waals surface area contributed by atoms with Gasteiger partial charge in [-0.1, -0.05) is 0 Å². The quantitative estimate of drug-likeness (QED) is 0.753. The van der Waals surface area contributed by atoms with Crippen LogP contribution in [-0.4, -0.2) is 73.5 Å². The van der Waals surface area contributed by atoms with Crippen LogP contribution in [0.15, 0.2) is 0 Å². The number of nitrogens with zero attached hydrogens (tertiary/aromatic N) is 2. The highest BCUT2D eigenvalue weighted by atomic mass is 16.5. The van der Waals surface area contributed by atoms with E-state index in [1.165, 1.54) is 19.5 Å². The third kappa shape index (κ3) is 10.2. The Labute approximate surface area is 131 Å². The Balaban J connectivity index is 2.18. The van der Waals surface area contributed by atoms with E-state index in [4.69, 9.17) is 9.47 Å². The Morgan fingerprint density at radius 2 is 1.05 bits per heavy atom. The van der Waals surface area contributed by atoms with Crippen LogP contribution in [0.2, 0.25) is 0 Å². The molecule has 1 aliphatic rings. The van der Waals surface area contributed by atoms with Crippen molar-refractivity contribution < 1.29 is 9.47 Å². The molecule has 0 aliphatic carbocycles. The second-order valence-electron chi connectivity index (χ2n) is 7.96. The van der Waals surface area contributed by atoms with Gasteiger partial charge >= 0.3 is 0 Å². The smallest absolute Gasteiger partial charge is 0.0600 e. The van der Waals surface area contributed by atoms with Crippen molar-refractivity contribution in [2.45, 2.75) is 59.2 Å². The lowest BCUT2D eigenvalue weighted by molar-refractivity contribution is -0.0155. The van der Waals surface area contributed by atoms with E-state index in [9.17, 15) is 0 Å². The van der Waals surface area contributed by atoms with Gasteiger partial charge in [0.25, 0.3) is 0 Å². The zero-order valence-electron chi connectivity index (χ0n) is 15.1. The van der Waals surface area contributed by atoms with Gasteiger partial charge in [-0.05, 0) is 61.1 Å². The van der Waals surface area contributed by atoms with Crippen LogP contribution >= 0.6 is 0 Å². The van der Waals surface area contributed by atoms with Crippen molar-refractivity contribution in [2.24, 2.45) is 0 Å². The van der Waals surface area contributed by atoms with Crippen molar-refractivity contribution in [1.29, 1.82) is 0 Å². The van der Waals surface area contributed by atoms with Crippen molar-refractivity contribution in [3.05, 3.63) is 0 Å². The van der Waals surface area contributed by atoms with Gasteiger partial charge in [-0.25, -0.2) is 0 Å². The monoisotopic (exact) mass is 300 g/mol. The van der Waals surface area contributed by atoms with E-state index >= 15 is 0 Å². The SMILES string of the molecule is CC(C)(C)OCCN1CCCN(CCOC(C)(C)C)CC1. The second-order valence-corrected chi connectivity index (χ2v) is 7.96. The lowest BCUT2D eigenvalue weighted by atomic mass is 10.2. The molecule has 0 spiro atoms. The minimum atomic E-state index is -0.0256. The number of hydrogen-bond donors (Lipinski definition) is 0. The van der Waals surface area contributed by atoms with E-state index in [-0.39, 0.29) is 11.2 Å². The molecule has 0 N–H and O–H groups in total. The molecule has 0 aromatic heterocycles. The molecule has 0 saturated carbocycles. The number of ether oxygens (including phenoxy) is 2. The molecule has 0 aromatic rings. The Morgan fingerprint density at radius 1 is 0.667 bits per heavy atom. The molecule has 0 bridgehead atoms. The largest absolute Gasteiger partial charge is 0.375 e. The lowest BCUT2D eigenvalue weighted by Crippen LogP contribution is -2.36. The maximum atomic E-state index is 5.83. The Bertz CT molecular complexity index is 253. The maximum absolute atomic E-state index is 5.83. The van der Waals surface area contributed by atoms with Crippen LogP contribution in [-0.2, 0) is 9.47 Å². The van der Waals surface area contributed by atoms with Crippen LogP contribution in [0, 0.1) is 0 Å². The zero-order valence-corrected chi connectivity index (χ0v) is 15.1. The molecule has 4 nitrogen and oxygen atoms in total. The zero-order chi connectivity index (χ0) is 15.9. The van der Waals surface area contributed by atoms with Crippen LogP contribution in [0.1, 0.15) is 48.0 Å². The first-order valence-corrected chi connectivity index (χ1v) is 8.38. The van der Waals surface area contributed by atoms with Crippen LogP contribution in [0.5, 0.6) is 0 Å². The van der Waals surface area contributed by atoms with Gasteiger partial charge in [0.15, 0.2) is 0 Å². The molecule has 0 aromatic carbocycles. The van der Waals surface area contributed by atoms with Gasteiger partial charge in [0.2, 0.25) is 0 Å². The Hall–Kier alpha value is -0.160. The molecule has 21 heavy (non-hydrogen) atoms. The van der Waals surface area contributed by atoms with Crippen LogP contribution < -0.4 is 0 Å². The molecule has 1 rings (SSSR count). The Kier molecular flexibility index (Phi) is 7.62. The summed E-state index contributed by atoms with van der Waals surface area (Å²) < 4.78 is 11.7. The van der Waals surface area contributed by atoms with Crippen LogP contribution in [0.4, 0.5) is 0 Å². The first kappa shape index (κ1) is 18.9. The van der Waals surface area contributed by atoms with Gasteiger partial charge in [-0.3, -0.25) is 9.80 Å². The topological polar surface area (TPSA) is 24.9 Å². The summed E-state index contributed by atoms with van der Waals surface area (Å²) in [6.07, 6.45) is 1.24. The summed E-state index contributed by atoms with van der Waals surface area (Å²) in [4.78, 5) is 5.05. The van der Waals surface area contributed by atoms with E-state index in [1.54, 1.807) is 0 Å². The van der Waals surface area contributed by atoms with Crippen molar-refractivity contribution in [1.82, 2.24) is 9.80 Å². The standard InChI is InChI=1S/C17H36N2O2/c1-16(2,3)20-14-12-18-8-7-9-19(11-10-18)13-15-21-17(4,5)6/h7-15H2,1-6H3. The van der Waals surface area contributed by atoms with Crippen LogP contribution in [0.25, 0.3) is 0 Å². The predicted octanol–water partition coefficient (Wildman–Crippen LogP) is 2.62. The third-order valence-corrected chi connectivity index (χ3v) is 3.57. The summed E-state index contributed by atoms with van der Waals surface area (Å²) in [5.41, 5.74) is -0.0512. The molecular weight excluding hydrogens is 264 g/mol. The fourth-order valence-corrected chi connectivity index (χ4v) is 2.43. The lowest BCUT2D eigenvalue weighted by Gasteiger charge is -2.25. The number of hydrogen-bond acceptors (Lipinski definition) is 4. The molecule has 0 unspecified atom stereocenters. The summed E-state index contributed by atoms with van der Waals surface area (Å²) in [6, 6.07) is 0. The maximum Gasteiger partial charge on any atom is 0.0600 e. The summed E-state index contributed by atoms with van der Waals surface area (Å²) in [5.74, 6) is 0. The highest BCUT2D eigenvalue weighted by Gasteiger charge is 2.17. The second kappa shape index (κ2) is 8.47. The molecule has 0 radical (unpaired) electrons. The van der Waals surface area contributed by atoms with Gasteiger partial charge in [0.05, 0.1) is 24.4 Å². The summed E-state index contributed by atoms with van der Waals surface area (Å²) in [6.45, 7) is 21.1. The van der Waals surface area contributed by atoms with Crippen LogP contribution in [0.3, 0.4) is 0 Å². The van der Waals surface area contributed by atoms with Gasteiger partial charge in [0.1, 0.15) is 0 Å². The average molecular weight is 300 g/mol. The minimum absolute atomic E-state index is 0.0256. The third-order valence-electron chi connectivity index (χ3n) is 3.57. The molecule has 1 saturated heterocycles. The van der Waals surface area contributed by atoms with Crippen molar-refractivity contribution in [3.8, 4) is 0 Å². The first-order chi connectivity index (χ1) is 9.66. The molecule has 4 heteroatoms. The fourth-order valence-electron chi connectivity index (χ4n) is 2.43. The van der Waals surface area contributed by atoms with E-state index in [1.807, 2.05) is 0 Å². The van der Waals surface area contributed by atoms with E-state index in [2.05, 4.69) is 51.3 Å². The van der Waals surface area contributed by atoms with Gasteiger partial charge in [-0.15, -0.1) is 0 Å². The highest BCUT2D eigenvalue weighted by molar-refractivity contribution is 4.71. The normalized spacial score (nSPS) is 19.7. The number of rotatable bonds is 6. The first-order valence-electron chi connectivity index (χ1n) is 8.38. The molecule has 1 heterocycles. The Morgan fingerprint density at radius 3 is 1.38 bits per heavy atom. The van der Waals surface area contributed by atoms with Gasteiger partial charge in [0, 0.05) is 26.2 Å². The molecular formula is C17H36N2O2. The molecule has 1 aliphatic heterocycles. The molecule has 0 amide bonds. The summed E-state index contributed by atoms with van der Waals surface area (Å²) >= 11 is 0. The average Bonchev–Trinajstić information content (AvgIpc) is 2.52. The molecule has 0 atom stereocenters. The minimum Gasteiger partial charge on any atom is -0.375 e. The van der Waals surface area contributed by atoms with Gasteiger partial charge in [-0.2, -0.15) is 0 Å². The van der Waals surface area contributed by atoms with E-state index in [0.717, 1.165) is 39.4 Å². The van der Waals surface area contributed by atoms with Crippen molar-refractivity contribution >= 4 is 0 Å². The van der Waals surface area contributed by atoms with Crippen molar-refractivity contribution in [3.63, 3.8) is 0 Å². The highest BCUT2D eigenvalue weighted by Crippen LogP contribution is 2.09. The van der Waals surface area contributed by atoms with E-state index in [0.29, 0.717) is 0 Å². The predicted molar refractivity (Wildman–Crippen MR) is 88.9 cm³/mol. The van der Waals surface area contributed by atoms with Crippen molar-refractivity contribution in [2.75, 3.05) is 52.5 Å². The van der Waals surface area contributed by atoms with Gasteiger partial charge < -0.3 is 9.47 Å². The van der Waals surface area contributed by atoms with E-state index < -0.39 is 0 Å². The summed E-state index contributed by atoms with van der Waals surface area (Å²) in [7, 11) is 0. The molecule has 1 fully saturated rings. The summed E-state index contributed by atoms with van der Waals surface area (Å²) in [5, 5.41) is 0. The molecule has 126 valence electrons.